The summed E-state index contributed by atoms with van der Waals surface area (Å²) in [4.78, 5) is 31.4. The van der Waals surface area contributed by atoms with Gasteiger partial charge in [-0.1, -0.05) is 43.3 Å². The average Bonchev–Trinajstić information content (AvgIpc) is 3.33. The lowest BCUT2D eigenvalue weighted by Crippen LogP contribution is -2.52. The zero-order valence-corrected chi connectivity index (χ0v) is 20.6. The number of anilines is 1. The molecule has 1 aliphatic rings. The van der Waals surface area contributed by atoms with Crippen molar-refractivity contribution in [2.45, 2.75) is 19.9 Å². The smallest absolute Gasteiger partial charge is 0.238 e. The van der Waals surface area contributed by atoms with E-state index >= 15 is 0 Å². The number of aryl methyl sites for hydroxylation is 1. The van der Waals surface area contributed by atoms with Crippen LogP contribution >= 0.6 is 0 Å². The van der Waals surface area contributed by atoms with E-state index in [1.165, 1.54) is 0 Å². The van der Waals surface area contributed by atoms with Gasteiger partial charge in [0, 0.05) is 50.2 Å². The maximum atomic E-state index is 12.8. The molecular weight excluding hydrogens is 440 g/mol. The first-order valence-electron chi connectivity index (χ1n) is 12.2. The zero-order valence-electron chi connectivity index (χ0n) is 20.6. The van der Waals surface area contributed by atoms with Gasteiger partial charge in [0.15, 0.2) is 0 Å². The predicted molar refractivity (Wildman–Crippen MR) is 137 cm³/mol. The van der Waals surface area contributed by atoms with Gasteiger partial charge in [-0.25, -0.2) is 4.68 Å². The van der Waals surface area contributed by atoms with Gasteiger partial charge in [0.05, 0.1) is 25.0 Å². The number of likely N-dealkylation sites (N-methyl/N-ethyl adjacent to an activating group) is 1. The number of benzene rings is 2. The maximum Gasteiger partial charge on any atom is 0.238 e. The summed E-state index contributed by atoms with van der Waals surface area (Å²) in [5.74, 6) is 0.102. The van der Waals surface area contributed by atoms with Crippen LogP contribution < -0.4 is 5.32 Å². The van der Waals surface area contributed by atoms with Gasteiger partial charge in [-0.05, 0) is 37.2 Å². The van der Waals surface area contributed by atoms with E-state index in [4.69, 9.17) is 0 Å². The average molecular weight is 475 g/mol. The Labute approximate surface area is 207 Å². The molecule has 8 nitrogen and oxygen atoms in total. The Morgan fingerprint density at radius 2 is 1.71 bits per heavy atom. The number of hydrogen-bond acceptors (Lipinski definition) is 5. The van der Waals surface area contributed by atoms with Crippen molar-refractivity contribution in [3.05, 3.63) is 78.1 Å². The van der Waals surface area contributed by atoms with Gasteiger partial charge in [0.2, 0.25) is 11.8 Å². The van der Waals surface area contributed by atoms with Crippen LogP contribution in [0.1, 0.15) is 18.1 Å². The first kappa shape index (κ1) is 24.6. The molecule has 0 saturated carbocycles. The minimum atomic E-state index is -0.0125. The number of piperazine rings is 1. The highest BCUT2D eigenvalue weighted by atomic mass is 16.2. The minimum Gasteiger partial charge on any atom is -0.339 e. The highest BCUT2D eigenvalue weighted by molar-refractivity contribution is 5.93. The Kier molecular flexibility index (Phi) is 8.28. The third-order valence-electron chi connectivity index (χ3n) is 6.28. The van der Waals surface area contributed by atoms with Gasteiger partial charge in [-0.15, -0.1) is 0 Å². The molecule has 0 radical (unpaired) electrons. The van der Waals surface area contributed by atoms with E-state index in [2.05, 4.69) is 22.2 Å². The lowest BCUT2D eigenvalue weighted by Gasteiger charge is -2.35. The molecular formula is C27H34N6O2. The molecule has 1 fully saturated rings. The van der Waals surface area contributed by atoms with Crippen LogP contribution in [0.25, 0.3) is 5.69 Å². The number of nitrogens with zero attached hydrogens (tertiary/aromatic N) is 5. The van der Waals surface area contributed by atoms with Crippen LogP contribution in [-0.2, 0) is 22.6 Å². The van der Waals surface area contributed by atoms with Gasteiger partial charge in [0.25, 0.3) is 0 Å². The molecule has 35 heavy (non-hydrogen) atoms. The molecule has 1 N–H and O–H groups in total. The van der Waals surface area contributed by atoms with E-state index < -0.39 is 0 Å². The van der Waals surface area contributed by atoms with Gasteiger partial charge >= 0.3 is 0 Å². The summed E-state index contributed by atoms with van der Waals surface area (Å²) in [6.07, 6.45) is 4.72. The molecule has 0 spiro atoms. The van der Waals surface area contributed by atoms with E-state index in [0.717, 1.165) is 28.9 Å². The van der Waals surface area contributed by atoms with Gasteiger partial charge < -0.3 is 10.2 Å². The normalized spacial score (nSPS) is 14.3. The highest BCUT2D eigenvalue weighted by Gasteiger charge is 2.23. The van der Waals surface area contributed by atoms with E-state index in [1.54, 1.807) is 0 Å². The quantitative estimate of drug-likeness (QED) is 0.516. The van der Waals surface area contributed by atoms with Gasteiger partial charge in [-0.2, -0.15) is 5.10 Å². The van der Waals surface area contributed by atoms with Crippen LogP contribution in [0.2, 0.25) is 0 Å². The van der Waals surface area contributed by atoms with Crippen molar-refractivity contribution < 1.29 is 9.59 Å². The van der Waals surface area contributed by atoms with E-state index in [9.17, 15) is 9.59 Å². The minimum absolute atomic E-state index is 0.0125. The van der Waals surface area contributed by atoms with Crippen molar-refractivity contribution in [1.29, 1.82) is 0 Å². The van der Waals surface area contributed by atoms with Crippen LogP contribution in [0.3, 0.4) is 0 Å². The fraction of sp³-hybridized carbons (Fsp3) is 0.370. The van der Waals surface area contributed by atoms with Crippen molar-refractivity contribution >= 4 is 17.5 Å². The SMILES string of the molecule is CCc1ccccc1NC(=O)CN1CCN(C(=O)CN(C)Cc2cnn(-c3ccccc3)c2)CC1. The lowest BCUT2D eigenvalue weighted by molar-refractivity contribution is -0.134. The Balaban J connectivity index is 1.20. The number of hydrogen-bond donors (Lipinski definition) is 1. The number of aromatic nitrogens is 2. The van der Waals surface area contributed by atoms with Crippen LogP contribution in [0, 0.1) is 0 Å². The topological polar surface area (TPSA) is 73.7 Å². The summed E-state index contributed by atoms with van der Waals surface area (Å²) in [6, 6.07) is 17.9. The summed E-state index contributed by atoms with van der Waals surface area (Å²) < 4.78 is 1.85. The number of para-hydroxylation sites is 2. The third-order valence-corrected chi connectivity index (χ3v) is 6.28. The lowest BCUT2D eigenvalue weighted by atomic mass is 10.1. The van der Waals surface area contributed by atoms with Gasteiger partial charge in [0.1, 0.15) is 0 Å². The van der Waals surface area contributed by atoms with E-state index in [1.807, 2.05) is 88.5 Å². The summed E-state index contributed by atoms with van der Waals surface area (Å²) >= 11 is 0. The fourth-order valence-electron chi connectivity index (χ4n) is 4.36. The second-order valence-electron chi connectivity index (χ2n) is 9.02. The number of amides is 2. The first-order chi connectivity index (χ1) is 17.0. The molecule has 3 aromatic rings. The second-order valence-corrected chi connectivity index (χ2v) is 9.02. The van der Waals surface area contributed by atoms with Crippen LogP contribution in [-0.4, -0.2) is 82.6 Å². The summed E-state index contributed by atoms with van der Waals surface area (Å²) in [7, 11) is 1.95. The fourth-order valence-corrected chi connectivity index (χ4v) is 4.36. The number of carbonyl (C=O) groups is 2. The van der Waals surface area contributed by atoms with Gasteiger partial charge in [-0.3, -0.25) is 19.4 Å². The summed E-state index contributed by atoms with van der Waals surface area (Å²) in [5.41, 5.74) is 4.09. The molecule has 8 heteroatoms. The van der Waals surface area contributed by atoms with Crippen molar-refractivity contribution in [2.24, 2.45) is 0 Å². The third kappa shape index (κ3) is 6.77. The molecule has 0 unspecified atom stereocenters. The van der Waals surface area contributed by atoms with E-state index in [0.29, 0.717) is 45.8 Å². The molecule has 0 aliphatic carbocycles. The molecule has 0 bridgehead atoms. The van der Waals surface area contributed by atoms with Crippen molar-refractivity contribution in [2.75, 3.05) is 51.6 Å². The molecule has 0 atom stereocenters. The highest BCUT2D eigenvalue weighted by Crippen LogP contribution is 2.15. The summed E-state index contributed by atoms with van der Waals surface area (Å²) in [5, 5.41) is 7.46. The molecule has 1 aliphatic heterocycles. The predicted octanol–water partition coefficient (Wildman–Crippen LogP) is 2.65. The van der Waals surface area contributed by atoms with Crippen molar-refractivity contribution in [1.82, 2.24) is 24.5 Å². The van der Waals surface area contributed by atoms with Crippen molar-refractivity contribution in [3.8, 4) is 5.69 Å². The second kappa shape index (κ2) is 11.8. The molecule has 2 amide bonds. The van der Waals surface area contributed by atoms with Crippen LogP contribution in [0.15, 0.2) is 67.0 Å². The Hall–Kier alpha value is -3.49. The Morgan fingerprint density at radius 1 is 1.00 bits per heavy atom. The number of rotatable bonds is 9. The Bertz CT molecular complexity index is 1120. The molecule has 4 rings (SSSR count). The maximum absolute atomic E-state index is 12.8. The molecule has 2 aromatic carbocycles. The largest absolute Gasteiger partial charge is 0.339 e. The monoisotopic (exact) mass is 474 g/mol. The number of nitrogens with one attached hydrogen (secondary N) is 1. The first-order valence-corrected chi connectivity index (χ1v) is 12.2. The summed E-state index contributed by atoms with van der Waals surface area (Å²) in [6.45, 7) is 6.09. The molecule has 1 aromatic heterocycles. The molecule has 2 heterocycles. The Morgan fingerprint density at radius 3 is 2.46 bits per heavy atom. The molecule has 184 valence electrons. The van der Waals surface area contributed by atoms with Crippen LogP contribution in [0.5, 0.6) is 0 Å². The molecule has 1 saturated heterocycles. The zero-order chi connectivity index (χ0) is 24.6. The van der Waals surface area contributed by atoms with Crippen molar-refractivity contribution in [3.63, 3.8) is 0 Å². The number of carbonyl (C=O) groups excluding carboxylic acids is 2. The standard InChI is InChI=1S/C27H34N6O2/c1-3-23-9-7-8-12-25(23)29-26(34)20-31-13-15-32(16-14-31)27(35)21-30(2)18-22-17-28-33(19-22)24-10-5-4-6-11-24/h4-12,17,19H,3,13-16,18,20-21H2,1-2H3,(H,29,34). The van der Waals surface area contributed by atoms with Crippen LogP contribution in [0.4, 0.5) is 5.69 Å². The van der Waals surface area contributed by atoms with E-state index in [-0.39, 0.29) is 11.8 Å².